The van der Waals surface area contributed by atoms with E-state index in [1.807, 2.05) is 6.92 Å². The number of fused-ring (bicyclic) bond motifs is 4. The summed E-state index contributed by atoms with van der Waals surface area (Å²) in [6.45, 7) is 4.50. The lowest BCUT2D eigenvalue weighted by molar-refractivity contribution is -0.193. The van der Waals surface area contributed by atoms with Crippen molar-refractivity contribution in [3.05, 3.63) is 70.9 Å². The smallest absolute Gasteiger partial charge is 0.343 e. The lowest BCUT2D eigenvalue weighted by Gasteiger charge is -2.58. The molecule has 2 aromatic rings. The minimum atomic E-state index is -0.683. The van der Waals surface area contributed by atoms with Crippen molar-refractivity contribution >= 4 is 23.6 Å². The van der Waals surface area contributed by atoms with Gasteiger partial charge in [0, 0.05) is 23.6 Å². The minimum absolute atomic E-state index is 0.00750. The first-order valence-electron chi connectivity index (χ1n) is 12.3. The van der Waals surface area contributed by atoms with Gasteiger partial charge < -0.3 is 19.2 Å². The van der Waals surface area contributed by atoms with Crippen molar-refractivity contribution in [1.82, 2.24) is 5.32 Å². The van der Waals surface area contributed by atoms with Crippen LogP contribution in [0, 0.1) is 22.7 Å². The number of ether oxygens (including phenoxy) is 2. The molecule has 8 nitrogen and oxygen atoms in total. The Morgan fingerprint density at radius 3 is 2.78 bits per heavy atom. The van der Waals surface area contributed by atoms with Crippen LogP contribution in [0.15, 0.2) is 53.0 Å². The molecule has 8 heteroatoms. The number of allylic oxidation sites excluding steroid dienone is 2. The average Bonchev–Trinajstić information content (AvgIpc) is 3.50. The van der Waals surface area contributed by atoms with E-state index in [-0.39, 0.29) is 34.4 Å². The first kappa shape index (κ1) is 22.8. The fourth-order valence-corrected chi connectivity index (χ4v) is 6.90. The molecular formula is C28H27NO7. The quantitative estimate of drug-likeness (QED) is 0.641. The third-order valence-electron chi connectivity index (χ3n) is 8.73. The molecule has 0 bridgehead atoms. The molecule has 2 fully saturated rings. The summed E-state index contributed by atoms with van der Waals surface area (Å²) in [4.78, 5) is 52.0. The minimum Gasteiger partial charge on any atom is -0.472 e. The lowest BCUT2D eigenvalue weighted by atomic mass is 9.46. The van der Waals surface area contributed by atoms with Crippen LogP contribution in [0.4, 0.5) is 0 Å². The maximum atomic E-state index is 14.0. The van der Waals surface area contributed by atoms with Crippen LogP contribution in [0.2, 0.25) is 0 Å². The molecule has 36 heavy (non-hydrogen) atoms. The van der Waals surface area contributed by atoms with Crippen LogP contribution in [-0.4, -0.2) is 23.6 Å². The SMILES string of the molecule is C[C@]12CC=C(OC(=O)c3ccc4c(c3)C(=O)NC4)C(=O)[C@@H]1[C@@]1(C)C[C@@H](c3ccoc3)OC(=O)[C@@H]1CC2. The molecule has 186 valence electrons. The predicted molar refractivity (Wildman–Crippen MR) is 125 cm³/mol. The number of hydrogen-bond donors (Lipinski definition) is 1. The molecule has 3 heterocycles. The Kier molecular flexibility index (Phi) is 5.00. The number of carbonyl (C=O) groups is 4. The van der Waals surface area contributed by atoms with Crippen LogP contribution in [0.5, 0.6) is 0 Å². The van der Waals surface area contributed by atoms with Gasteiger partial charge in [-0.25, -0.2) is 4.79 Å². The first-order valence-corrected chi connectivity index (χ1v) is 12.3. The third kappa shape index (κ3) is 3.34. The highest BCUT2D eigenvalue weighted by atomic mass is 16.5. The number of benzene rings is 1. The van der Waals surface area contributed by atoms with E-state index in [1.165, 1.54) is 12.3 Å². The van der Waals surface area contributed by atoms with Gasteiger partial charge in [0.05, 0.1) is 24.0 Å². The number of ketones is 1. The summed E-state index contributed by atoms with van der Waals surface area (Å²) in [7, 11) is 0. The number of rotatable bonds is 3. The zero-order chi connectivity index (χ0) is 25.2. The third-order valence-corrected chi connectivity index (χ3v) is 8.73. The highest BCUT2D eigenvalue weighted by molar-refractivity contribution is 6.04. The van der Waals surface area contributed by atoms with Gasteiger partial charge in [-0.15, -0.1) is 0 Å². The van der Waals surface area contributed by atoms with E-state index in [0.29, 0.717) is 37.8 Å². The summed E-state index contributed by atoms with van der Waals surface area (Å²) in [6.07, 6.45) is 6.70. The Balaban J connectivity index is 1.30. The average molecular weight is 490 g/mol. The normalized spacial score (nSPS) is 33.0. The number of amides is 1. The number of nitrogens with one attached hydrogen (secondary N) is 1. The number of furan rings is 1. The molecule has 0 unspecified atom stereocenters. The van der Waals surface area contributed by atoms with Gasteiger partial charge in [0.15, 0.2) is 5.76 Å². The fraction of sp³-hybridized carbons (Fsp3) is 0.429. The van der Waals surface area contributed by atoms with E-state index >= 15 is 0 Å². The molecule has 1 saturated heterocycles. The summed E-state index contributed by atoms with van der Waals surface area (Å²) in [5.41, 5.74) is 1.21. The molecule has 1 aromatic carbocycles. The van der Waals surface area contributed by atoms with Crippen molar-refractivity contribution in [2.75, 3.05) is 0 Å². The molecule has 2 aliphatic heterocycles. The van der Waals surface area contributed by atoms with Crippen LogP contribution in [-0.2, 0) is 25.6 Å². The van der Waals surface area contributed by atoms with Crippen molar-refractivity contribution in [3.8, 4) is 0 Å². The van der Waals surface area contributed by atoms with Crippen LogP contribution in [0.25, 0.3) is 0 Å². The maximum absolute atomic E-state index is 14.0. The monoisotopic (exact) mass is 489 g/mol. The van der Waals surface area contributed by atoms with Crippen molar-refractivity contribution in [3.63, 3.8) is 0 Å². The van der Waals surface area contributed by atoms with E-state index in [2.05, 4.69) is 12.2 Å². The molecule has 0 radical (unpaired) electrons. The Labute approximate surface area is 208 Å². The van der Waals surface area contributed by atoms with Crippen molar-refractivity contribution in [1.29, 1.82) is 0 Å². The highest BCUT2D eigenvalue weighted by Gasteiger charge is 2.63. The molecule has 6 rings (SSSR count). The van der Waals surface area contributed by atoms with Gasteiger partial charge in [0.1, 0.15) is 6.10 Å². The maximum Gasteiger partial charge on any atom is 0.343 e. The molecule has 0 spiro atoms. The van der Waals surface area contributed by atoms with Gasteiger partial charge >= 0.3 is 11.9 Å². The highest BCUT2D eigenvalue weighted by Crippen LogP contribution is 2.63. The molecule has 1 saturated carbocycles. The number of hydrogen-bond acceptors (Lipinski definition) is 7. The van der Waals surface area contributed by atoms with Crippen LogP contribution < -0.4 is 5.32 Å². The summed E-state index contributed by atoms with van der Waals surface area (Å²) in [5.74, 6) is -2.39. The standard InChI is InChI=1S/C28H27NO7/c1-27-8-5-19-26(33)36-21(17-7-10-34-14-17)12-28(19,2)23(27)22(30)20(6-9-27)35-25(32)15-3-4-16-13-29-24(31)18(16)11-15/h3-4,6-7,10-11,14,19,21,23H,5,8-9,12-13H2,1-2H3,(H,29,31)/t19-,21-,23-,27-,28-/m0/s1. The lowest BCUT2D eigenvalue weighted by Crippen LogP contribution is -2.58. The number of esters is 2. The van der Waals surface area contributed by atoms with E-state index in [1.54, 1.807) is 30.5 Å². The number of carbonyl (C=O) groups excluding carboxylic acids is 4. The van der Waals surface area contributed by atoms with Crippen molar-refractivity contribution in [2.24, 2.45) is 22.7 Å². The molecule has 2 aliphatic carbocycles. The van der Waals surface area contributed by atoms with Gasteiger partial charge in [0.25, 0.3) is 5.91 Å². The van der Waals surface area contributed by atoms with E-state index in [9.17, 15) is 19.2 Å². The number of Topliss-reactive ketones (excluding diaryl/α,β-unsaturated/α-hetero) is 1. The summed E-state index contributed by atoms with van der Waals surface area (Å²) in [5, 5.41) is 2.72. The van der Waals surface area contributed by atoms with Gasteiger partial charge in [0.2, 0.25) is 5.78 Å². The fourth-order valence-electron chi connectivity index (χ4n) is 6.90. The van der Waals surface area contributed by atoms with Gasteiger partial charge in [-0.3, -0.25) is 14.4 Å². The van der Waals surface area contributed by atoms with Crippen molar-refractivity contribution in [2.45, 2.75) is 52.2 Å². The second-order valence-corrected chi connectivity index (χ2v) is 11.0. The Bertz CT molecular complexity index is 1330. The molecule has 4 aliphatic rings. The van der Waals surface area contributed by atoms with Gasteiger partial charge in [-0.2, -0.15) is 0 Å². The number of cyclic esters (lactones) is 1. The Hall–Kier alpha value is -3.68. The first-order chi connectivity index (χ1) is 17.2. The van der Waals surface area contributed by atoms with Crippen LogP contribution >= 0.6 is 0 Å². The van der Waals surface area contributed by atoms with Crippen LogP contribution in [0.1, 0.15) is 77.5 Å². The van der Waals surface area contributed by atoms with E-state index < -0.39 is 29.3 Å². The largest absolute Gasteiger partial charge is 0.472 e. The summed E-state index contributed by atoms with van der Waals surface area (Å²) in [6, 6.07) is 6.59. The Morgan fingerprint density at radius 2 is 2.00 bits per heavy atom. The van der Waals surface area contributed by atoms with Crippen LogP contribution in [0.3, 0.4) is 0 Å². The van der Waals surface area contributed by atoms with Gasteiger partial charge in [-0.05, 0) is 66.4 Å². The molecular weight excluding hydrogens is 462 g/mol. The second kappa shape index (κ2) is 7.91. The molecule has 1 N–H and O–H groups in total. The van der Waals surface area contributed by atoms with Crippen molar-refractivity contribution < 1.29 is 33.1 Å². The Morgan fingerprint density at radius 1 is 1.17 bits per heavy atom. The topological polar surface area (TPSA) is 112 Å². The zero-order valence-electron chi connectivity index (χ0n) is 20.2. The zero-order valence-corrected chi connectivity index (χ0v) is 20.2. The molecule has 1 aromatic heterocycles. The summed E-state index contributed by atoms with van der Waals surface area (Å²) >= 11 is 0. The van der Waals surface area contributed by atoms with Gasteiger partial charge in [-0.1, -0.05) is 19.9 Å². The predicted octanol–water partition coefficient (Wildman–Crippen LogP) is 4.26. The molecule has 5 atom stereocenters. The summed E-state index contributed by atoms with van der Waals surface area (Å²) < 4.78 is 16.6. The second-order valence-electron chi connectivity index (χ2n) is 11.0. The van der Waals surface area contributed by atoms with E-state index in [4.69, 9.17) is 13.9 Å². The van der Waals surface area contributed by atoms with E-state index in [0.717, 1.165) is 11.1 Å². The molecule has 1 amide bonds.